The molecule has 2 aliphatic heterocycles. The number of fused-ring (bicyclic) bond motifs is 1. The van der Waals surface area contributed by atoms with Crippen LogP contribution in [-0.4, -0.2) is 96.5 Å². The van der Waals surface area contributed by atoms with E-state index in [9.17, 15) is 14.7 Å². The van der Waals surface area contributed by atoms with Gasteiger partial charge in [0.15, 0.2) is 0 Å². The Balaban J connectivity index is 1.38. The molecule has 1 aromatic carbocycles. The number of carbonyl (C=O) groups excluding carboxylic acids is 2. The average Bonchev–Trinajstić information content (AvgIpc) is 2.84. The van der Waals surface area contributed by atoms with E-state index in [0.717, 1.165) is 26.2 Å². The number of piperazine rings is 1. The Labute approximate surface area is 199 Å². The van der Waals surface area contributed by atoms with Gasteiger partial charge in [-0.1, -0.05) is 0 Å². The van der Waals surface area contributed by atoms with Gasteiger partial charge in [-0.15, -0.1) is 0 Å². The normalized spacial score (nSPS) is 28.0. The standard InChI is InChI=1S/C25H34N2O7/c1-2-32-25(31)17-3-5-18(6-4-17)34-22-16-33-24-19(23(22)30)7-8-21(29)20(24)15-27-11-9-26(10-12-27)13-14-28/h3-6,16,19-21,24,28-29H,2,7-15H2,1H3. The Kier molecular flexibility index (Phi) is 8.20. The number of rotatable bonds is 8. The molecule has 0 radical (unpaired) electrons. The predicted molar refractivity (Wildman–Crippen MR) is 123 cm³/mol. The van der Waals surface area contributed by atoms with E-state index >= 15 is 0 Å². The van der Waals surface area contributed by atoms with E-state index in [4.69, 9.17) is 19.3 Å². The first-order chi connectivity index (χ1) is 16.5. The molecule has 4 rings (SSSR count). The number of esters is 1. The summed E-state index contributed by atoms with van der Waals surface area (Å²) in [6, 6.07) is 6.43. The lowest BCUT2D eigenvalue weighted by Crippen LogP contribution is -2.55. The van der Waals surface area contributed by atoms with Crippen molar-refractivity contribution in [2.24, 2.45) is 11.8 Å². The third-order valence-corrected chi connectivity index (χ3v) is 6.94. The summed E-state index contributed by atoms with van der Waals surface area (Å²) >= 11 is 0. The number of hydrogen-bond acceptors (Lipinski definition) is 9. The highest BCUT2D eigenvalue weighted by molar-refractivity contribution is 5.96. The molecule has 1 saturated carbocycles. The van der Waals surface area contributed by atoms with Crippen LogP contribution in [0.5, 0.6) is 5.75 Å². The zero-order valence-electron chi connectivity index (χ0n) is 19.6. The number of benzene rings is 1. The van der Waals surface area contributed by atoms with Crippen molar-refractivity contribution in [2.75, 3.05) is 52.5 Å². The molecule has 9 nitrogen and oxygen atoms in total. The van der Waals surface area contributed by atoms with Crippen LogP contribution in [0.4, 0.5) is 0 Å². The molecule has 2 N–H and O–H groups in total. The summed E-state index contributed by atoms with van der Waals surface area (Å²) in [5.41, 5.74) is 0.413. The van der Waals surface area contributed by atoms with Crippen LogP contribution in [0.3, 0.4) is 0 Å². The van der Waals surface area contributed by atoms with Gasteiger partial charge in [-0.25, -0.2) is 4.79 Å². The van der Waals surface area contributed by atoms with Crippen LogP contribution in [0, 0.1) is 11.8 Å². The number of ether oxygens (including phenoxy) is 3. The summed E-state index contributed by atoms with van der Waals surface area (Å²) in [6.45, 7) is 7.04. The monoisotopic (exact) mass is 474 g/mol. The Morgan fingerprint density at radius 1 is 1.12 bits per heavy atom. The molecule has 9 heteroatoms. The van der Waals surface area contributed by atoms with E-state index in [1.807, 2.05) is 0 Å². The first-order valence-electron chi connectivity index (χ1n) is 12.1. The lowest BCUT2D eigenvalue weighted by atomic mass is 9.73. The van der Waals surface area contributed by atoms with Gasteiger partial charge in [-0.2, -0.15) is 0 Å². The van der Waals surface area contributed by atoms with Gasteiger partial charge in [0.05, 0.1) is 30.8 Å². The van der Waals surface area contributed by atoms with Crippen LogP contribution in [0.25, 0.3) is 0 Å². The molecule has 1 saturated heterocycles. The van der Waals surface area contributed by atoms with E-state index in [1.54, 1.807) is 31.2 Å². The minimum atomic E-state index is -0.518. The molecule has 186 valence electrons. The van der Waals surface area contributed by atoms with Crippen molar-refractivity contribution in [1.82, 2.24) is 9.80 Å². The third-order valence-electron chi connectivity index (χ3n) is 6.94. The zero-order valence-corrected chi connectivity index (χ0v) is 19.6. The van der Waals surface area contributed by atoms with Crippen LogP contribution in [0.2, 0.25) is 0 Å². The maximum Gasteiger partial charge on any atom is 0.338 e. The van der Waals surface area contributed by atoms with Gasteiger partial charge in [-0.3, -0.25) is 9.69 Å². The van der Waals surface area contributed by atoms with Gasteiger partial charge in [0.2, 0.25) is 11.5 Å². The molecule has 0 amide bonds. The smallest absolute Gasteiger partial charge is 0.338 e. The Hall–Kier alpha value is -2.46. The molecule has 0 spiro atoms. The van der Waals surface area contributed by atoms with Crippen molar-refractivity contribution in [3.63, 3.8) is 0 Å². The summed E-state index contributed by atoms with van der Waals surface area (Å²) in [6.07, 6.45) is 1.56. The SMILES string of the molecule is CCOC(=O)c1ccc(OC2=COC3C(CCC(O)C3CN3CCN(CCO)CC3)C2=O)cc1. The van der Waals surface area contributed by atoms with Gasteiger partial charge in [0.25, 0.3) is 0 Å². The summed E-state index contributed by atoms with van der Waals surface area (Å²) in [7, 11) is 0. The molecule has 34 heavy (non-hydrogen) atoms. The zero-order chi connectivity index (χ0) is 24.1. The first-order valence-corrected chi connectivity index (χ1v) is 12.1. The molecule has 1 aromatic rings. The third kappa shape index (κ3) is 5.60. The minimum absolute atomic E-state index is 0.115. The van der Waals surface area contributed by atoms with E-state index in [2.05, 4.69) is 9.80 Å². The fraction of sp³-hybridized carbons (Fsp3) is 0.600. The van der Waals surface area contributed by atoms with Crippen molar-refractivity contribution in [1.29, 1.82) is 0 Å². The number of nitrogens with zero attached hydrogens (tertiary/aromatic N) is 2. The van der Waals surface area contributed by atoms with Crippen LogP contribution < -0.4 is 4.74 Å². The number of hydrogen-bond donors (Lipinski definition) is 2. The van der Waals surface area contributed by atoms with Crippen molar-refractivity contribution >= 4 is 11.8 Å². The largest absolute Gasteiger partial charge is 0.493 e. The molecule has 0 bridgehead atoms. The topological polar surface area (TPSA) is 109 Å². The van der Waals surface area contributed by atoms with E-state index in [1.165, 1.54) is 6.26 Å². The average molecular weight is 475 g/mol. The molecule has 0 aromatic heterocycles. The summed E-state index contributed by atoms with van der Waals surface area (Å²) in [4.78, 5) is 29.6. The maximum atomic E-state index is 13.2. The lowest BCUT2D eigenvalue weighted by Gasteiger charge is -2.44. The summed E-state index contributed by atoms with van der Waals surface area (Å²) < 4.78 is 16.8. The fourth-order valence-electron chi connectivity index (χ4n) is 5.04. The number of aliphatic hydroxyl groups excluding tert-OH is 2. The van der Waals surface area contributed by atoms with E-state index in [0.29, 0.717) is 43.9 Å². The van der Waals surface area contributed by atoms with Crippen molar-refractivity contribution in [3.05, 3.63) is 41.9 Å². The van der Waals surface area contributed by atoms with Crippen molar-refractivity contribution in [2.45, 2.75) is 32.0 Å². The summed E-state index contributed by atoms with van der Waals surface area (Å²) in [5, 5.41) is 19.9. The van der Waals surface area contributed by atoms with Crippen LogP contribution in [-0.2, 0) is 14.3 Å². The van der Waals surface area contributed by atoms with E-state index in [-0.39, 0.29) is 36.1 Å². The quantitative estimate of drug-likeness (QED) is 0.535. The Bertz CT molecular complexity index is 880. The molecule has 4 unspecified atom stereocenters. The van der Waals surface area contributed by atoms with Crippen LogP contribution in [0.1, 0.15) is 30.1 Å². The van der Waals surface area contributed by atoms with E-state index < -0.39 is 12.1 Å². The Morgan fingerprint density at radius 3 is 2.50 bits per heavy atom. The number of allylic oxidation sites excluding steroid dienone is 1. The second-order valence-electron chi connectivity index (χ2n) is 9.07. The molecule has 2 heterocycles. The number of β-amino-alcohol motifs (C(OH)–C–C–N with tert-alkyl or cyclic N) is 1. The maximum absolute atomic E-state index is 13.2. The van der Waals surface area contributed by atoms with Crippen molar-refractivity contribution in [3.8, 4) is 5.75 Å². The molecular weight excluding hydrogens is 440 g/mol. The second-order valence-corrected chi connectivity index (χ2v) is 9.07. The highest BCUT2D eigenvalue weighted by Gasteiger charge is 2.47. The van der Waals surface area contributed by atoms with Crippen molar-refractivity contribution < 1.29 is 34.0 Å². The summed E-state index contributed by atoms with van der Waals surface area (Å²) in [5.74, 6) is -0.470. The van der Waals surface area contributed by atoms with Crippen LogP contribution >= 0.6 is 0 Å². The molecular formula is C25H34N2O7. The minimum Gasteiger partial charge on any atom is -0.493 e. The molecule has 3 aliphatic rings. The molecule has 1 aliphatic carbocycles. The highest BCUT2D eigenvalue weighted by atomic mass is 16.5. The predicted octanol–water partition coefficient (Wildman–Crippen LogP) is 1.05. The van der Waals surface area contributed by atoms with Gasteiger partial charge in [-0.05, 0) is 44.0 Å². The number of Topliss-reactive ketones (excluding diaryl/α,β-unsaturated/α-hetero) is 1. The molecule has 4 atom stereocenters. The number of carbonyl (C=O) groups is 2. The second kappa shape index (κ2) is 11.3. The Morgan fingerprint density at radius 2 is 1.82 bits per heavy atom. The van der Waals surface area contributed by atoms with Gasteiger partial charge < -0.3 is 29.3 Å². The van der Waals surface area contributed by atoms with Gasteiger partial charge >= 0.3 is 5.97 Å². The van der Waals surface area contributed by atoms with Crippen LogP contribution in [0.15, 0.2) is 36.3 Å². The highest BCUT2D eigenvalue weighted by Crippen LogP contribution is 2.38. The van der Waals surface area contributed by atoms with Gasteiger partial charge in [0, 0.05) is 45.2 Å². The lowest BCUT2D eigenvalue weighted by molar-refractivity contribution is -0.140. The number of aliphatic hydroxyl groups is 2. The number of ketones is 1. The van der Waals surface area contributed by atoms with Gasteiger partial charge in [0.1, 0.15) is 18.1 Å². The first kappa shape index (κ1) is 24.7. The fourth-order valence-corrected chi connectivity index (χ4v) is 5.04. The molecule has 2 fully saturated rings.